The van der Waals surface area contributed by atoms with E-state index in [2.05, 4.69) is 10.6 Å². The van der Waals surface area contributed by atoms with Crippen molar-refractivity contribution in [2.75, 3.05) is 0 Å². The number of nitrogens with one attached hydrogen (secondary N) is 2. The summed E-state index contributed by atoms with van der Waals surface area (Å²) in [5.41, 5.74) is -1.72. The zero-order chi connectivity index (χ0) is 28.0. The third kappa shape index (κ3) is 6.66. The Morgan fingerprint density at radius 1 is 0.526 bits per heavy atom. The second-order valence-electron chi connectivity index (χ2n) is 7.69. The maximum atomic E-state index is 12.4. The molecule has 0 aliphatic rings. The lowest BCUT2D eigenvalue weighted by Crippen LogP contribution is -2.24. The Kier molecular flexibility index (Phi) is 7.96. The van der Waals surface area contributed by atoms with E-state index >= 15 is 0 Å². The number of nitro benzene ring substituents is 4. The van der Waals surface area contributed by atoms with E-state index in [1.54, 1.807) is 24.3 Å². The van der Waals surface area contributed by atoms with Gasteiger partial charge in [-0.25, -0.2) is 0 Å². The number of benzene rings is 3. The molecular weight excluding hydrogens is 508 g/mol. The van der Waals surface area contributed by atoms with Gasteiger partial charge in [-0.15, -0.1) is 0 Å². The summed E-state index contributed by atoms with van der Waals surface area (Å²) in [7, 11) is 0. The highest BCUT2D eigenvalue weighted by atomic mass is 16.6. The predicted molar refractivity (Wildman–Crippen MR) is 128 cm³/mol. The van der Waals surface area contributed by atoms with Crippen LogP contribution in [0.2, 0.25) is 0 Å². The van der Waals surface area contributed by atoms with Gasteiger partial charge in [0.05, 0.1) is 43.0 Å². The quantitative estimate of drug-likeness (QED) is 0.290. The molecule has 0 radical (unpaired) electrons. The molecular formula is C22H16N6O10. The summed E-state index contributed by atoms with van der Waals surface area (Å²) in [5, 5.41) is 49.0. The highest BCUT2D eigenvalue weighted by Gasteiger charge is 2.21. The monoisotopic (exact) mass is 524 g/mol. The molecule has 0 aromatic heterocycles. The Labute approximate surface area is 211 Å². The number of nitrogens with zero attached hydrogens (tertiary/aromatic N) is 4. The van der Waals surface area contributed by atoms with Crippen molar-refractivity contribution < 1.29 is 29.3 Å². The van der Waals surface area contributed by atoms with Crippen LogP contribution in [-0.4, -0.2) is 31.5 Å². The minimum Gasteiger partial charge on any atom is -0.348 e. The van der Waals surface area contributed by atoms with Crippen molar-refractivity contribution in [1.82, 2.24) is 10.6 Å². The number of non-ortho nitro benzene ring substituents is 4. The second-order valence-corrected chi connectivity index (χ2v) is 7.69. The lowest BCUT2D eigenvalue weighted by atomic mass is 10.1. The van der Waals surface area contributed by atoms with Crippen LogP contribution in [0.15, 0.2) is 60.7 Å². The molecule has 2 N–H and O–H groups in total. The summed E-state index contributed by atoms with van der Waals surface area (Å²) in [6.45, 7) is -0.0291. The summed E-state index contributed by atoms with van der Waals surface area (Å²) < 4.78 is 0. The van der Waals surface area contributed by atoms with Gasteiger partial charge in [-0.1, -0.05) is 24.3 Å². The van der Waals surface area contributed by atoms with E-state index in [0.717, 1.165) is 36.4 Å². The molecule has 16 nitrogen and oxygen atoms in total. The molecule has 0 bridgehead atoms. The number of carbonyl (C=O) groups excluding carboxylic acids is 2. The molecule has 16 heteroatoms. The number of nitro groups is 4. The third-order valence-electron chi connectivity index (χ3n) is 5.10. The standard InChI is InChI=1S/C22H16N6O10/c29-21(15-5-17(25(31)32)9-18(6-15)26(33)34)23-11-13-1-2-14(4-3-13)12-24-22(30)16-7-19(27(35)36)10-20(8-16)28(37)38/h1-10H,11-12H2,(H,23,29)(H,24,30). The number of carbonyl (C=O) groups is 2. The Morgan fingerprint density at radius 3 is 1.03 bits per heavy atom. The number of rotatable bonds is 10. The average molecular weight is 524 g/mol. The molecule has 0 heterocycles. The first-order chi connectivity index (χ1) is 17.9. The molecule has 3 aromatic rings. The van der Waals surface area contributed by atoms with Crippen LogP contribution >= 0.6 is 0 Å². The van der Waals surface area contributed by atoms with Gasteiger partial charge >= 0.3 is 0 Å². The summed E-state index contributed by atoms with van der Waals surface area (Å²) in [6.07, 6.45) is 0. The molecule has 0 spiro atoms. The Hall–Kier alpha value is -5.80. The van der Waals surface area contributed by atoms with E-state index < -0.39 is 54.3 Å². The van der Waals surface area contributed by atoms with Crippen LogP contribution in [0, 0.1) is 40.5 Å². The molecule has 2 amide bonds. The fourth-order valence-corrected chi connectivity index (χ4v) is 3.22. The van der Waals surface area contributed by atoms with E-state index in [1.807, 2.05) is 0 Å². The van der Waals surface area contributed by atoms with Gasteiger partial charge in [-0.05, 0) is 11.1 Å². The fraction of sp³-hybridized carbons (Fsp3) is 0.0909. The molecule has 38 heavy (non-hydrogen) atoms. The first-order valence-electron chi connectivity index (χ1n) is 10.5. The van der Waals surface area contributed by atoms with Crippen LogP contribution in [-0.2, 0) is 13.1 Å². The Balaban J connectivity index is 1.62. The van der Waals surface area contributed by atoms with Crippen molar-refractivity contribution in [2.24, 2.45) is 0 Å². The maximum Gasteiger partial charge on any atom is 0.277 e. The minimum absolute atomic E-state index is 0.0146. The lowest BCUT2D eigenvalue weighted by molar-refractivity contribution is -0.394. The molecule has 3 aromatic carbocycles. The highest BCUT2D eigenvalue weighted by Crippen LogP contribution is 2.24. The number of hydrogen-bond acceptors (Lipinski definition) is 10. The average Bonchev–Trinajstić information content (AvgIpc) is 2.90. The van der Waals surface area contributed by atoms with Crippen molar-refractivity contribution in [3.8, 4) is 0 Å². The van der Waals surface area contributed by atoms with Crippen molar-refractivity contribution in [1.29, 1.82) is 0 Å². The zero-order valence-corrected chi connectivity index (χ0v) is 19.1. The van der Waals surface area contributed by atoms with E-state index in [4.69, 9.17) is 0 Å². The minimum atomic E-state index is -0.846. The molecule has 0 aliphatic heterocycles. The molecule has 0 atom stereocenters. The predicted octanol–water partition coefficient (Wildman–Crippen LogP) is 3.18. The van der Waals surface area contributed by atoms with Gasteiger partial charge < -0.3 is 10.6 Å². The van der Waals surface area contributed by atoms with Gasteiger partial charge in [0.1, 0.15) is 0 Å². The van der Waals surface area contributed by atoms with Gasteiger partial charge in [-0.3, -0.25) is 50.0 Å². The molecule has 194 valence electrons. The van der Waals surface area contributed by atoms with Gasteiger partial charge in [0.25, 0.3) is 34.6 Å². The topological polar surface area (TPSA) is 231 Å². The van der Waals surface area contributed by atoms with Crippen molar-refractivity contribution in [2.45, 2.75) is 13.1 Å². The van der Waals surface area contributed by atoms with Crippen LogP contribution in [0.25, 0.3) is 0 Å². The van der Waals surface area contributed by atoms with Crippen molar-refractivity contribution in [3.63, 3.8) is 0 Å². The van der Waals surface area contributed by atoms with Crippen LogP contribution in [0.5, 0.6) is 0 Å². The van der Waals surface area contributed by atoms with E-state index in [1.165, 1.54) is 0 Å². The first-order valence-corrected chi connectivity index (χ1v) is 10.5. The normalized spacial score (nSPS) is 10.3. The molecule has 0 fully saturated rings. The van der Waals surface area contributed by atoms with E-state index in [9.17, 15) is 50.0 Å². The summed E-state index contributed by atoms with van der Waals surface area (Å²) in [4.78, 5) is 65.4. The zero-order valence-electron chi connectivity index (χ0n) is 19.1. The van der Waals surface area contributed by atoms with Gasteiger partial charge in [0.15, 0.2) is 0 Å². The van der Waals surface area contributed by atoms with Crippen molar-refractivity contribution >= 4 is 34.6 Å². The van der Waals surface area contributed by atoms with Gasteiger partial charge in [-0.2, -0.15) is 0 Å². The second kappa shape index (κ2) is 11.3. The number of amides is 2. The third-order valence-corrected chi connectivity index (χ3v) is 5.10. The molecule has 0 saturated heterocycles. The molecule has 0 aliphatic carbocycles. The van der Waals surface area contributed by atoms with Crippen LogP contribution < -0.4 is 10.6 Å². The Bertz CT molecular complexity index is 1300. The Morgan fingerprint density at radius 2 is 0.789 bits per heavy atom. The maximum absolute atomic E-state index is 12.4. The summed E-state index contributed by atoms with van der Waals surface area (Å²) in [5.74, 6) is -1.53. The van der Waals surface area contributed by atoms with Crippen molar-refractivity contribution in [3.05, 3.63) is 123 Å². The fourth-order valence-electron chi connectivity index (χ4n) is 3.22. The van der Waals surface area contributed by atoms with Crippen LogP contribution in [0.3, 0.4) is 0 Å². The SMILES string of the molecule is O=C(NCc1ccc(CNC(=O)c2cc([N+](=O)[O-])cc([N+](=O)[O-])c2)cc1)c1cc([N+](=O)[O-])cc([N+](=O)[O-])c1. The summed E-state index contributed by atoms with van der Waals surface area (Å²) in [6, 6.07) is 11.6. The molecule has 0 unspecified atom stereocenters. The van der Waals surface area contributed by atoms with E-state index in [-0.39, 0.29) is 24.2 Å². The van der Waals surface area contributed by atoms with E-state index in [0.29, 0.717) is 11.1 Å². The van der Waals surface area contributed by atoms with Crippen LogP contribution in [0.1, 0.15) is 31.8 Å². The van der Waals surface area contributed by atoms with Gasteiger partial charge in [0.2, 0.25) is 0 Å². The highest BCUT2D eigenvalue weighted by molar-refractivity contribution is 5.96. The largest absolute Gasteiger partial charge is 0.348 e. The first kappa shape index (κ1) is 26.8. The van der Waals surface area contributed by atoms with Gasteiger partial charge in [0, 0.05) is 37.4 Å². The number of hydrogen-bond donors (Lipinski definition) is 2. The lowest BCUT2D eigenvalue weighted by Gasteiger charge is -2.08. The smallest absolute Gasteiger partial charge is 0.277 e. The molecule has 3 rings (SSSR count). The molecule has 0 saturated carbocycles. The summed E-state index contributed by atoms with van der Waals surface area (Å²) >= 11 is 0. The van der Waals surface area contributed by atoms with Crippen LogP contribution in [0.4, 0.5) is 22.7 Å².